The lowest BCUT2D eigenvalue weighted by atomic mass is 10.1. The maximum atomic E-state index is 13.0. The molecule has 0 aliphatic heterocycles. The number of aromatic nitrogens is 1. The van der Waals surface area contributed by atoms with Crippen molar-refractivity contribution < 1.29 is 17.2 Å². The Morgan fingerprint density at radius 3 is 2.58 bits per heavy atom. The Balaban J connectivity index is 1.67. The molecule has 1 aliphatic rings. The first-order valence-corrected chi connectivity index (χ1v) is 9.76. The molecular formula is C19H17FN2O3S. The third-order valence-electron chi connectivity index (χ3n) is 4.31. The highest BCUT2D eigenvalue weighted by molar-refractivity contribution is 7.92. The molecule has 26 heavy (non-hydrogen) atoms. The quantitative estimate of drug-likeness (QED) is 0.717. The maximum absolute atomic E-state index is 13.0. The standard InChI is InChI=1S/C19H17FN2O3S/c1-12-2-3-14(17-11-21-19(25-17)13-4-5-13)10-18(12)26(23,24)22-16-8-6-15(20)7-9-16/h2-3,6-11,13,22H,4-5H2,1H3. The monoisotopic (exact) mass is 372 g/mol. The second-order valence-corrected chi connectivity index (χ2v) is 8.08. The Kier molecular flexibility index (Phi) is 4.03. The molecule has 1 heterocycles. The molecule has 0 saturated heterocycles. The van der Waals surface area contributed by atoms with Gasteiger partial charge < -0.3 is 4.42 Å². The highest BCUT2D eigenvalue weighted by Gasteiger charge is 2.29. The summed E-state index contributed by atoms with van der Waals surface area (Å²) >= 11 is 0. The highest BCUT2D eigenvalue weighted by atomic mass is 32.2. The summed E-state index contributed by atoms with van der Waals surface area (Å²) in [6.07, 6.45) is 3.78. The van der Waals surface area contributed by atoms with E-state index in [9.17, 15) is 12.8 Å². The molecule has 0 amide bonds. The number of anilines is 1. The van der Waals surface area contributed by atoms with E-state index in [1.54, 1.807) is 25.3 Å². The Hall–Kier alpha value is -2.67. The van der Waals surface area contributed by atoms with Gasteiger partial charge in [-0.25, -0.2) is 17.8 Å². The van der Waals surface area contributed by atoms with Gasteiger partial charge in [0.15, 0.2) is 11.7 Å². The summed E-state index contributed by atoms with van der Waals surface area (Å²) < 4.78 is 46.8. The zero-order valence-corrected chi connectivity index (χ0v) is 14.9. The molecule has 1 saturated carbocycles. The minimum atomic E-state index is -3.82. The van der Waals surface area contributed by atoms with Crippen LogP contribution in [-0.4, -0.2) is 13.4 Å². The Labute approximate surface area is 150 Å². The number of aryl methyl sites for hydroxylation is 1. The van der Waals surface area contributed by atoms with Gasteiger partial charge in [-0.15, -0.1) is 0 Å². The Bertz CT molecular complexity index is 1050. The van der Waals surface area contributed by atoms with Crippen molar-refractivity contribution in [2.45, 2.75) is 30.6 Å². The van der Waals surface area contributed by atoms with E-state index in [0.717, 1.165) is 12.8 Å². The van der Waals surface area contributed by atoms with Crippen LogP contribution in [-0.2, 0) is 10.0 Å². The summed E-state index contributed by atoms with van der Waals surface area (Å²) in [5.41, 5.74) is 1.55. The van der Waals surface area contributed by atoms with E-state index in [2.05, 4.69) is 9.71 Å². The van der Waals surface area contributed by atoms with Crippen LogP contribution in [0.3, 0.4) is 0 Å². The molecule has 1 aliphatic carbocycles. The number of oxazole rings is 1. The smallest absolute Gasteiger partial charge is 0.262 e. The second kappa shape index (κ2) is 6.25. The number of rotatable bonds is 5. The van der Waals surface area contributed by atoms with E-state index in [1.807, 2.05) is 6.07 Å². The molecule has 0 radical (unpaired) electrons. The third kappa shape index (κ3) is 3.35. The molecule has 0 spiro atoms. The molecule has 3 aromatic rings. The lowest BCUT2D eigenvalue weighted by Crippen LogP contribution is -2.14. The van der Waals surface area contributed by atoms with Gasteiger partial charge in [-0.2, -0.15) is 0 Å². The summed E-state index contributed by atoms with van der Waals surface area (Å²) in [6.45, 7) is 1.72. The fraction of sp³-hybridized carbons (Fsp3) is 0.211. The van der Waals surface area contributed by atoms with Gasteiger partial charge >= 0.3 is 0 Å². The summed E-state index contributed by atoms with van der Waals surface area (Å²) in [7, 11) is -3.82. The SMILES string of the molecule is Cc1ccc(-c2cnc(C3CC3)o2)cc1S(=O)(=O)Nc1ccc(F)cc1. The molecule has 2 aromatic carbocycles. The number of nitrogens with one attached hydrogen (secondary N) is 1. The van der Waals surface area contributed by atoms with Crippen LogP contribution in [0, 0.1) is 12.7 Å². The number of halogens is 1. The van der Waals surface area contributed by atoms with Crippen LogP contribution >= 0.6 is 0 Å². The van der Waals surface area contributed by atoms with Crippen LogP contribution in [0.2, 0.25) is 0 Å². The predicted octanol–water partition coefficient (Wildman–Crippen LogP) is 4.47. The van der Waals surface area contributed by atoms with Crippen molar-refractivity contribution in [3.63, 3.8) is 0 Å². The minimum Gasteiger partial charge on any atom is -0.440 e. The number of nitrogens with zero attached hydrogens (tertiary/aromatic N) is 1. The van der Waals surface area contributed by atoms with Crippen molar-refractivity contribution in [1.29, 1.82) is 0 Å². The van der Waals surface area contributed by atoms with Gasteiger partial charge in [-0.1, -0.05) is 12.1 Å². The van der Waals surface area contributed by atoms with Crippen molar-refractivity contribution in [2.75, 3.05) is 4.72 Å². The van der Waals surface area contributed by atoms with E-state index in [4.69, 9.17) is 4.42 Å². The van der Waals surface area contributed by atoms with Gasteiger partial charge in [0.1, 0.15) is 5.82 Å². The van der Waals surface area contributed by atoms with Gasteiger partial charge in [0.05, 0.1) is 11.1 Å². The maximum Gasteiger partial charge on any atom is 0.262 e. The number of hydrogen-bond acceptors (Lipinski definition) is 4. The largest absolute Gasteiger partial charge is 0.440 e. The molecule has 1 fully saturated rings. The summed E-state index contributed by atoms with van der Waals surface area (Å²) in [5, 5.41) is 0. The Morgan fingerprint density at radius 2 is 1.88 bits per heavy atom. The van der Waals surface area contributed by atoms with Crippen LogP contribution in [0.5, 0.6) is 0 Å². The molecule has 1 aromatic heterocycles. The van der Waals surface area contributed by atoms with Crippen molar-refractivity contribution in [1.82, 2.24) is 4.98 Å². The van der Waals surface area contributed by atoms with Gasteiger partial charge in [-0.3, -0.25) is 4.72 Å². The number of benzene rings is 2. The van der Waals surface area contributed by atoms with Crippen LogP contribution in [0.25, 0.3) is 11.3 Å². The predicted molar refractivity (Wildman–Crippen MR) is 95.9 cm³/mol. The van der Waals surface area contributed by atoms with Gasteiger partial charge in [-0.05, 0) is 55.7 Å². The highest BCUT2D eigenvalue weighted by Crippen LogP contribution is 2.40. The van der Waals surface area contributed by atoms with E-state index in [-0.39, 0.29) is 4.90 Å². The van der Waals surface area contributed by atoms with E-state index < -0.39 is 15.8 Å². The van der Waals surface area contributed by atoms with Gasteiger partial charge in [0.25, 0.3) is 10.0 Å². The van der Waals surface area contributed by atoms with Crippen molar-refractivity contribution in [2.24, 2.45) is 0 Å². The van der Waals surface area contributed by atoms with Crippen molar-refractivity contribution >= 4 is 15.7 Å². The molecule has 5 nitrogen and oxygen atoms in total. The lowest BCUT2D eigenvalue weighted by Gasteiger charge is -2.11. The molecule has 0 atom stereocenters. The first-order chi connectivity index (χ1) is 12.4. The lowest BCUT2D eigenvalue weighted by molar-refractivity contribution is 0.509. The summed E-state index contributed by atoms with van der Waals surface area (Å²) in [6, 6.07) is 10.3. The summed E-state index contributed by atoms with van der Waals surface area (Å²) in [5.74, 6) is 1.21. The molecular weight excluding hydrogens is 355 g/mol. The molecule has 0 bridgehead atoms. The first-order valence-electron chi connectivity index (χ1n) is 8.27. The van der Waals surface area contributed by atoms with Crippen LogP contribution in [0.15, 0.2) is 58.0 Å². The van der Waals surface area contributed by atoms with E-state index in [1.165, 1.54) is 24.3 Å². The second-order valence-electron chi connectivity index (χ2n) is 6.43. The zero-order chi connectivity index (χ0) is 18.3. The van der Waals surface area contributed by atoms with E-state index >= 15 is 0 Å². The number of sulfonamides is 1. The van der Waals surface area contributed by atoms with Gasteiger partial charge in [0, 0.05) is 17.2 Å². The molecule has 7 heteroatoms. The van der Waals surface area contributed by atoms with Crippen LogP contribution in [0.4, 0.5) is 10.1 Å². The molecule has 0 unspecified atom stereocenters. The number of hydrogen-bond donors (Lipinski definition) is 1. The van der Waals surface area contributed by atoms with E-state index in [0.29, 0.717) is 34.4 Å². The molecule has 4 rings (SSSR count). The van der Waals surface area contributed by atoms with Crippen molar-refractivity contribution in [3.8, 4) is 11.3 Å². The average molecular weight is 372 g/mol. The molecule has 134 valence electrons. The minimum absolute atomic E-state index is 0.142. The van der Waals surface area contributed by atoms with Crippen molar-refractivity contribution in [3.05, 3.63) is 65.9 Å². The fourth-order valence-corrected chi connectivity index (χ4v) is 4.04. The third-order valence-corrected chi connectivity index (χ3v) is 5.83. The average Bonchev–Trinajstić information content (AvgIpc) is 3.34. The summed E-state index contributed by atoms with van der Waals surface area (Å²) in [4.78, 5) is 4.42. The first kappa shape index (κ1) is 16.8. The zero-order valence-electron chi connectivity index (χ0n) is 14.1. The van der Waals surface area contributed by atoms with Gasteiger partial charge in [0.2, 0.25) is 0 Å². The van der Waals surface area contributed by atoms with Crippen LogP contribution < -0.4 is 4.72 Å². The Morgan fingerprint density at radius 1 is 1.15 bits per heavy atom. The topological polar surface area (TPSA) is 72.2 Å². The molecule has 1 N–H and O–H groups in total. The van der Waals surface area contributed by atoms with Crippen LogP contribution in [0.1, 0.15) is 30.2 Å². The normalized spacial score (nSPS) is 14.4. The fourth-order valence-electron chi connectivity index (χ4n) is 2.71.